The van der Waals surface area contributed by atoms with Crippen LogP contribution in [-0.4, -0.2) is 28.2 Å². The molecule has 1 aliphatic rings. The average Bonchev–Trinajstić information content (AvgIpc) is 2.37. The highest BCUT2D eigenvalue weighted by molar-refractivity contribution is 8.00. The van der Waals surface area contributed by atoms with Gasteiger partial charge in [0, 0.05) is 5.25 Å². The fourth-order valence-corrected chi connectivity index (χ4v) is 2.27. The van der Waals surface area contributed by atoms with Crippen molar-refractivity contribution in [1.29, 1.82) is 0 Å². The Hall–Kier alpha value is -0.420. The minimum atomic E-state index is 0.115. The molecule has 0 bridgehead atoms. The lowest BCUT2D eigenvalue weighted by Gasteiger charge is -2.09. The zero-order valence-corrected chi connectivity index (χ0v) is 7.27. The van der Waals surface area contributed by atoms with Crippen molar-refractivity contribution in [2.24, 2.45) is 10.7 Å². The lowest BCUT2D eigenvalue weighted by Crippen LogP contribution is -2.31. The first-order chi connectivity index (χ1) is 5.24. The summed E-state index contributed by atoms with van der Waals surface area (Å²) in [5, 5.41) is 8.88. The molecule has 0 radical (unpaired) electrons. The second-order valence-corrected chi connectivity index (χ2v) is 4.04. The number of rotatable bonds is 1. The average molecular weight is 175 g/mol. The van der Waals surface area contributed by atoms with Gasteiger partial charge in [0.25, 0.3) is 0 Å². The zero-order valence-electron chi connectivity index (χ0n) is 6.45. The van der Waals surface area contributed by atoms with E-state index in [0.717, 1.165) is 12.2 Å². The summed E-state index contributed by atoms with van der Waals surface area (Å²) in [6, 6.07) is 0.264. The Labute approximate surface area is 70.2 Å². The maximum atomic E-state index is 8.37. The Morgan fingerprint density at radius 3 is 3.00 bits per heavy atom. The molecule has 0 aromatic heterocycles. The van der Waals surface area contributed by atoms with Crippen LogP contribution in [-0.2, 0) is 0 Å². The number of hydroxylamine groups is 1. The molecule has 5 heteroatoms. The number of hydrogen-bond donors (Lipinski definition) is 3. The van der Waals surface area contributed by atoms with Crippen LogP contribution in [0.1, 0.15) is 13.3 Å². The van der Waals surface area contributed by atoms with Gasteiger partial charge in [-0.3, -0.25) is 5.21 Å². The minimum absolute atomic E-state index is 0.115. The van der Waals surface area contributed by atoms with Crippen LogP contribution in [0.25, 0.3) is 0 Å². The third-order valence-electron chi connectivity index (χ3n) is 1.76. The third-order valence-corrected chi connectivity index (χ3v) is 3.07. The van der Waals surface area contributed by atoms with Crippen LogP contribution in [0.15, 0.2) is 4.99 Å². The lowest BCUT2D eigenvalue weighted by molar-refractivity contribution is 0.232. The van der Waals surface area contributed by atoms with E-state index in [4.69, 9.17) is 10.9 Å². The van der Waals surface area contributed by atoms with E-state index in [1.807, 2.05) is 17.2 Å². The summed E-state index contributed by atoms with van der Waals surface area (Å²) in [4.78, 5) is 4.09. The van der Waals surface area contributed by atoms with E-state index in [0.29, 0.717) is 5.25 Å². The summed E-state index contributed by atoms with van der Waals surface area (Å²) in [5.41, 5.74) is 7.13. The van der Waals surface area contributed by atoms with E-state index < -0.39 is 0 Å². The quantitative estimate of drug-likeness (QED) is 0.302. The second-order valence-electron chi connectivity index (χ2n) is 2.56. The fraction of sp³-hybridized carbons (Fsp3) is 0.833. The number of nitrogens with one attached hydrogen (secondary N) is 1. The number of aliphatic imine (C=N–C) groups is 1. The highest BCUT2D eigenvalue weighted by Gasteiger charge is 2.23. The molecule has 64 valence electrons. The monoisotopic (exact) mass is 175 g/mol. The van der Waals surface area contributed by atoms with Crippen molar-refractivity contribution in [3.63, 3.8) is 0 Å². The van der Waals surface area contributed by atoms with E-state index in [-0.39, 0.29) is 12.0 Å². The lowest BCUT2D eigenvalue weighted by atomic mass is 10.2. The van der Waals surface area contributed by atoms with Gasteiger partial charge in [0.15, 0.2) is 0 Å². The van der Waals surface area contributed by atoms with Gasteiger partial charge in [0.2, 0.25) is 5.96 Å². The van der Waals surface area contributed by atoms with E-state index >= 15 is 0 Å². The van der Waals surface area contributed by atoms with Crippen molar-refractivity contribution in [2.75, 3.05) is 5.75 Å². The van der Waals surface area contributed by atoms with Gasteiger partial charge in [-0.1, -0.05) is 6.92 Å². The van der Waals surface area contributed by atoms with Gasteiger partial charge >= 0.3 is 0 Å². The molecule has 11 heavy (non-hydrogen) atoms. The van der Waals surface area contributed by atoms with Crippen molar-refractivity contribution in [1.82, 2.24) is 5.48 Å². The molecular weight excluding hydrogens is 162 g/mol. The summed E-state index contributed by atoms with van der Waals surface area (Å²) >= 11 is 1.89. The fourth-order valence-electron chi connectivity index (χ4n) is 1.10. The van der Waals surface area contributed by atoms with Crippen LogP contribution >= 0.6 is 11.8 Å². The molecule has 1 rings (SSSR count). The van der Waals surface area contributed by atoms with E-state index in [2.05, 4.69) is 11.9 Å². The van der Waals surface area contributed by atoms with Crippen molar-refractivity contribution in [3.05, 3.63) is 0 Å². The van der Waals surface area contributed by atoms with Crippen LogP contribution < -0.4 is 11.2 Å². The van der Waals surface area contributed by atoms with Gasteiger partial charge in [-0.15, -0.1) is 0 Å². The number of nitrogens with two attached hydrogens (primary N) is 1. The molecule has 2 atom stereocenters. The normalized spacial score (nSPS) is 32.4. The number of hydrogen-bond acceptors (Lipinski definition) is 3. The molecule has 4 N–H and O–H groups in total. The topological polar surface area (TPSA) is 70.6 Å². The van der Waals surface area contributed by atoms with Gasteiger partial charge in [-0.25, -0.2) is 10.5 Å². The van der Waals surface area contributed by atoms with Gasteiger partial charge in [0.1, 0.15) is 0 Å². The molecule has 0 spiro atoms. The van der Waals surface area contributed by atoms with Gasteiger partial charge < -0.3 is 5.73 Å². The minimum Gasteiger partial charge on any atom is -0.368 e. The molecule has 0 amide bonds. The smallest absolute Gasteiger partial charge is 0.213 e. The molecule has 1 heterocycles. The number of thioether (sulfide) groups is 1. The van der Waals surface area contributed by atoms with Crippen molar-refractivity contribution < 1.29 is 5.21 Å². The first-order valence-corrected chi connectivity index (χ1v) is 4.64. The van der Waals surface area contributed by atoms with Crippen LogP contribution in [0.3, 0.4) is 0 Å². The number of nitrogens with zero attached hydrogens (tertiary/aromatic N) is 1. The van der Waals surface area contributed by atoms with E-state index in [1.54, 1.807) is 0 Å². The summed E-state index contributed by atoms with van der Waals surface area (Å²) in [7, 11) is 0. The standard InChI is InChI=1S/C6H13N3OS/c1-4-5(2-3-11-4)8-6(7)9-10/h4-5,10H,2-3H2,1H3,(H3,7,8,9). The summed E-state index contributed by atoms with van der Waals surface area (Å²) in [5.74, 6) is 1.25. The highest BCUT2D eigenvalue weighted by atomic mass is 32.2. The van der Waals surface area contributed by atoms with Crippen molar-refractivity contribution in [3.8, 4) is 0 Å². The predicted octanol–water partition coefficient (Wildman–Crippen LogP) is 0.174. The Balaban J connectivity index is 2.47. The largest absolute Gasteiger partial charge is 0.368 e. The zero-order chi connectivity index (χ0) is 8.27. The Kier molecular flexibility index (Phi) is 3.02. The van der Waals surface area contributed by atoms with Crippen molar-refractivity contribution in [2.45, 2.75) is 24.6 Å². The Bertz CT molecular complexity index is 162. The first-order valence-electron chi connectivity index (χ1n) is 3.59. The molecular formula is C6H13N3OS. The Morgan fingerprint density at radius 1 is 1.82 bits per heavy atom. The third kappa shape index (κ3) is 2.27. The molecule has 2 unspecified atom stereocenters. The molecule has 0 saturated carbocycles. The molecule has 1 fully saturated rings. The maximum Gasteiger partial charge on any atom is 0.213 e. The first kappa shape index (κ1) is 8.67. The van der Waals surface area contributed by atoms with Gasteiger partial charge in [-0.05, 0) is 12.2 Å². The van der Waals surface area contributed by atoms with Crippen molar-refractivity contribution >= 4 is 17.7 Å². The van der Waals surface area contributed by atoms with Crippen LogP contribution in [0.5, 0.6) is 0 Å². The molecule has 1 saturated heterocycles. The molecule has 4 nitrogen and oxygen atoms in total. The van der Waals surface area contributed by atoms with Gasteiger partial charge in [0.05, 0.1) is 6.04 Å². The molecule has 1 aliphatic heterocycles. The van der Waals surface area contributed by atoms with E-state index in [1.165, 1.54) is 0 Å². The second kappa shape index (κ2) is 3.82. The van der Waals surface area contributed by atoms with Gasteiger partial charge in [-0.2, -0.15) is 11.8 Å². The molecule has 0 aromatic rings. The maximum absolute atomic E-state index is 8.37. The number of guanidine groups is 1. The SMILES string of the molecule is CC1SCCC1N=C(N)NO. The predicted molar refractivity (Wildman–Crippen MR) is 46.9 cm³/mol. The summed E-state index contributed by atoms with van der Waals surface area (Å²) in [6.45, 7) is 2.12. The Morgan fingerprint density at radius 2 is 2.55 bits per heavy atom. The van der Waals surface area contributed by atoms with Crippen LogP contribution in [0.2, 0.25) is 0 Å². The highest BCUT2D eigenvalue weighted by Crippen LogP contribution is 2.28. The van der Waals surface area contributed by atoms with Crippen LogP contribution in [0.4, 0.5) is 0 Å². The van der Waals surface area contributed by atoms with Crippen LogP contribution in [0, 0.1) is 0 Å². The van der Waals surface area contributed by atoms with E-state index in [9.17, 15) is 0 Å². The molecule has 0 aromatic carbocycles. The summed E-state index contributed by atoms with van der Waals surface area (Å²) in [6.07, 6.45) is 1.05. The molecule has 0 aliphatic carbocycles. The summed E-state index contributed by atoms with van der Waals surface area (Å²) < 4.78 is 0.